The average molecular weight is 316 g/mol. The monoisotopic (exact) mass is 316 g/mol. The third-order valence-electron chi connectivity index (χ3n) is 3.26. The number of nitrogens with zero attached hydrogens (tertiary/aromatic N) is 1. The first-order chi connectivity index (χ1) is 10.00. The molecule has 0 radical (unpaired) electrons. The topological polar surface area (TPSA) is 71.8 Å². The van der Waals surface area contributed by atoms with E-state index in [0.29, 0.717) is 50.9 Å². The van der Waals surface area contributed by atoms with Crippen LogP contribution in [-0.4, -0.2) is 45.6 Å². The van der Waals surface area contributed by atoms with E-state index >= 15 is 0 Å². The van der Waals surface area contributed by atoms with E-state index in [1.165, 1.54) is 10.4 Å². The molecule has 1 aromatic heterocycles. The van der Waals surface area contributed by atoms with Crippen LogP contribution >= 0.6 is 0 Å². The van der Waals surface area contributed by atoms with Gasteiger partial charge in [0.15, 0.2) is 0 Å². The maximum atomic E-state index is 12.5. The third kappa shape index (κ3) is 4.54. The summed E-state index contributed by atoms with van der Waals surface area (Å²) >= 11 is 0. The van der Waals surface area contributed by atoms with Crippen molar-refractivity contribution < 1.29 is 17.6 Å². The molecule has 1 aromatic rings. The van der Waals surface area contributed by atoms with Gasteiger partial charge < -0.3 is 14.5 Å². The van der Waals surface area contributed by atoms with Gasteiger partial charge in [-0.05, 0) is 31.0 Å². The van der Waals surface area contributed by atoms with Crippen LogP contribution < -0.4 is 5.32 Å². The van der Waals surface area contributed by atoms with Crippen molar-refractivity contribution in [1.82, 2.24) is 9.62 Å². The first kappa shape index (κ1) is 16.5. The van der Waals surface area contributed by atoms with Crippen LogP contribution in [0.4, 0.5) is 0 Å². The maximum Gasteiger partial charge on any atom is 0.276 e. The van der Waals surface area contributed by atoms with E-state index in [-0.39, 0.29) is 5.09 Å². The molecule has 120 valence electrons. The first-order valence-electron chi connectivity index (χ1n) is 7.37. The van der Waals surface area contributed by atoms with Crippen molar-refractivity contribution >= 4 is 10.0 Å². The Bertz CT molecular complexity index is 531. The fourth-order valence-electron chi connectivity index (χ4n) is 2.17. The molecule has 1 N–H and O–H groups in total. The number of furan rings is 1. The number of ether oxygens (including phenoxy) is 1. The van der Waals surface area contributed by atoms with Crippen molar-refractivity contribution in [3.05, 3.63) is 17.9 Å². The van der Waals surface area contributed by atoms with Gasteiger partial charge in [-0.15, -0.1) is 0 Å². The van der Waals surface area contributed by atoms with Crippen molar-refractivity contribution in [3.63, 3.8) is 0 Å². The van der Waals surface area contributed by atoms with E-state index < -0.39 is 10.0 Å². The maximum absolute atomic E-state index is 12.5. The summed E-state index contributed by atoms with van der Waals surface area (Å²) in [5.41, 5.74) is 0. The normalized spacial score (nSPS) is 18.0. The Labute approximate surface area is 126 Å². The Kier molecular flexibility index (Phi) is 5.80. The molecule has 0 bridgehead atoms. The van der Waals surface area contributed by atoms with Crippen LogP contribution in [0.15, 0.2) is 21.6 Å². The van der Waals surface area contributed by atoms with Gasteiger partial charge in [0.2, 0.25) is 5.09 Å². The number of hydrogen-bond acceptors (Lipinski definition) is 5. The predicted octanol–water partition coefficient (Wildman–Crippen LogP) is 1.44. The Balaban J connectivity index is 2.01. The second-order valence-corrected chi connectivity index (χ2v) is 7.48. The molecule has 21 heavy (non-hydrogen) atoms. The lowest BCUT2D eigenvalue weighted by atomic mass is 10.2. The fourth-order valence-corrected chi connectivity index (χ4v) is 3.56. The SMILES string of the molecule is CC(C)CNCc1ccc(S(=O)(=O)N2CCCOCC2)o1. The second kappa shape index (κ2) is 7.40. The molecule has 0 atom stereocenters. The minimum absolute atomic E-state index is 0.0192. The first-order valence-corrected chi connectivity index (χ1v) is 8.81. The van der Waals surface area contributed by atoms with Gasteiger partial charge in [-0.1, -0.05) is 13.8 Å². The van der Waals surface area contributed by atoms with Crippen LogP contribution in [0.3, 0.4) is 0 Å². The number of nitrogens with one attached hydrogen (secondary N) is 1. The van der Waals surface area contributed by atoms with Gasteiger partial charge in [0.05, 0.1) is 13.2 Å². The molecular weight excluding hydrogens is 292 g/mol. The summed E-state index contributed by atoms with van der Waals surface area (Å²) in [6, 6.07) is 3.25. The van der Waals surface area contributed by atoms with Crippen LogP contribution in [0.1, 0.15) is 26.0 Å². The van der Waals surface area contributed by atoms with Crippen LogP contribution in [0.25, 0.3) is 0 Å². The minimum Gasteiger partial charge on any atom is -0.447 e. The van der Waals surface area contributed by atoms with Crippen molar-refractivity contribution in [3.8, 4) is 0 Å². The second-order valence-electron chi connectivity index (χ2n) is 5.62. The summed E-state index contributed by atoms with van der Waals surface area (Å²) in [6.07, 6.45) is 0.711. The lowest BCUT2D eigenvalue weighted by Gasteiger charge is -2.17. The number of rotatable bonds is 6. The van der Waals surface area contributed by atoms with Crippen molar-refractivity contribution in [2.24, 2.45) is 5.92 Å². The zero-order valence-electron chi connectivity index (χ0n) is 12.7. The van der Waals surface area contributed by atoms with E-state index in [1.807, 2.05) is 0 Å². The Morgan fingerprint density at radius 3 is 2.86 bits per heavy atom. The molecule has 2 rings (SSSR count). The number of sulfonamides is 1. The highest BCUT2D eigenvalue weighted by Crippen LogP contribution is 2.20. The van der Waals surface area contributed by atoms with E-state index in [0.717, 1.165) is 6.54 Å². The molecule has 0 unspecified atom stereocenters. The van der Waals surface area contributed by atoms with Gasteiger partial charge in [0, 0.05) is 19.7 Å². The predicted molar refractivity (Wildman–Crippen MR) is 79.4 cm³/mol. The third-order valence-corrected chi connectivity index (χ3v) is 5.04. The minimum atomic E-state index is -3.55. The Morgan fingerprint density at radius 2 is 2.10 bits per heavy atom. The van der Waals surface area contributed by atoms with Crippen LogP contribution in [-0.2, 0) is 21.3 Å². The van der Waals surface area contributed by atoms with Gasteiger partial charge in [0.1, 0.15) is 5.76 Å². The molecule has 0 amide bonds. The molecule has 1 aliphatic rings. The Hall–Kier alpha value is -0.890. The van der Waals surface area contributed by atoms with Crippen molar-refractivity contribution in [2.45, 2.75) is 31.9 Å². The summed E-state index contributed by atoms with van der Waals surface area (Å²) in [4.78, 5) is 0. The molecule has 2 heterocycles. The smallest absolute Gasteiger partial charge is 0.276 e. The van der Waals surface area contributed by atoms with E-state index in [4.69, 9.17) is 9.15 Å². The van der Waals surface area contributed by atoms with E-state index in [2.05, 4.69) is 19.2 Å². The molecule has 0 saturated carbocycles. The average Bonchev–Trinajstić information content (AvgIpc) is 2.73. The summed E-state index contributed by atoms with van der Waals surface area (Å²) < 4.78 is 37.2. The summed E-state index contributed by atoms with van der Waals surface area (Å²) in [5, 5.41) is 3.25. The van der Waals surface area contributed by atoms with Crippen LogP contribution in [0, 0.1) is 5.92 Å². The highest BCUT2D eigenvalue weighted by molar-refractivity contribution is 7.89. The molecule has 1 fully saturated rings. The number of hydrogen-bond donors (Lipinski definition) is 1. The summed E-state index contributed by atoms with van der Waals surface area (Å²) in [7, 11) is -3.55. The molecule has 1 aliphatic heterocycles. The summed E-state index contributed by atoms with van der Waals surface area (Å²) in [6.45, 7) is 7.53. The van der Waals surface area contributed by atoms with Gasteiger partial charge in [-0.3, -0.25) is 0 Å². The van der Waals surface area contributed by atoms with Gasteiger partial charge >= 0.3 is 0 Å². The lowest BCUT2D eigenvalue weighted by Crippen LogP contribution is -2.33. The zero-order chi connectivity index (χ0) is 15.3. The molecule has 0 aromatic carbocycles. The van der Waals surface area contributed by atoms with E-state index in [9.17, 15) is 8.42 Å². The van der Waals surface area contributed by atoms with Crippen LogP contribution in [0.2, 0.25) is 0 Å². The van der Waals surface area contributed by atoms with Gasteiger partial charge in [-0.25, -0.2) is 8.42 Å². The van der Waals surface area contributed by atoms with Crippen LogP contribution in [0.5, 0.6) is 0 Å². The molecule has 0 spiro atoms. The highest BCUT2D eigenvalue weighted by atomic mass is 32.2. The molecular formula is C14H24N2O4S. The van der Waals surface area contributed by atoms with Gasteiger partial charge in [-0.2, -0.15) is 4.31 Å². The highest BCUT2D eigenvalue weighted by Gasteiger charge is 2.28. The molecule has 7 heteroatoms. The standard InChI is InChI=1S/C14H24N2O4S/c1-12(2)10-15-11-13-4-5-14(20-13)21(17,18)16-6-3-8-19-9-7-16/h4-5,12,15H,3,6-11H2,1-2H3. The Morgan fingerprint density at radius 1 is 1.29 bits per heavy atom. The zero-order valence-corrected chi connectivity index (χ0v) is 13.5. The largest absolute Gasteiger partial charge is 0.447 e. The quantitative estimate of drug-likeness (QED) is 0.860. The van der Waals surface area contributed by atoms with Gasteiger partial charge in [0.25, 0.3) is 10.0 Å². The molecule has 1 saturated heterocycles. The molecule has 6 nitrogen and oxygen atoms in total. The lowest BCUT2D eigenvalue weighted by molar-refractivity contribution is 0.148. The summed E-state index contributed by atoms with van der Waals surface area (Å²) in [5.74, 6) is 1.18. The fraction of sp³-hybridized carbons (Fsp3) is 0.714. The van der Waals surface area contributed by atoms with Crippen molar-refractivity contribution in [2.75, 3.05) is 32.8 Å². The van der Waals surface area contributed by atoms with E-state index in [1.54, 1.807) is 6.07 Å². The molecule has 0 aliphatic carbocycles. The van der Waals surface area contributed by atoms with Crippen molar-refractivity contribution in [1.29, 1.82) is 0 Å².